The number of anilines is 1. The molecule has 4 rings (SSSR count). The van der Waals surface area contributed by atoms with Crippen LogP contribution in [-0.2, 0) is 0 Å². The van der Waals surface area contributed by atoms with Crippen molar-refractivity contribution in [1.82, 2.24) is 4.90 Å². The van der Waals surface area contributed by atoms with Crippen LogP contribution in [0.3, 0.4) is 0 Å². The molecule has 184 valence electrons. The zero-order chi connectivity index (χ0) is 24.5. The number of ether oxygens (including phenoxy) is 2. The molecule has 0 aromatic heterocycles. The summed E-state index contributed by atoms with van der Waals surface area (Å²) in [5.41, 5.74) is 6.45. The molecule has 1 aliphatic rings. The second-order valence-electron chi connectivity index (χ2n) is 8.40. The third kappa shape index (κ3) is 7.80. The van der Waals surface area contributed by atoms with Gasteiger partial charge in [0.2, 0.25) is 0 Å². The average molecular weight is 478 g/mol. The monoisotopic (exact) mass is 477 g/mol. The van der Waals surface area contributed by atoms with Crippen LogP contribution in [0.15, 0.2) is 84.0 Å². The van der Waals surface area contributed by atoms with Crippen molar-refractivity contribution in [2.75, 3.05) is 44.9 Å². The Balaban J connectivity index is 1.48. The molecule has 3 aromatic carbocycles. The summed E-state index contributed by atoms with van der Waals surface area (Å²) in [6.07, 6.45) is -1.43. The first-order valence-corrected chi connectivity index (χ1v) is 11.7. The number of nitrogens with one attached hydrogen (secondary N) is 1. The molecule has 4 N–H and O–H groups in total. The van der Waals surface area contributed by atoms with Gasteiger partial charge in [0.05, 0.1) is 18.0 Å². The van der Waals surface area contributed by atoms with Crippen molar-refractivity contribution < 1.29 is 24.8 Å². The number of β-amino-alcohol motifs (C(OH)–C–C–N with tert-alkyl or cyclic N) is 1. The van der Waals surface area contributed by atoms with Crippen molar-refractivity contribution in [3.05, 3.63) is 90.0 Å². The summed E-state index contributed by atoms with van der Waals surface area (Å²) in [7, 11) is 0. The number of rotatable bonds is 13. The van der Waals surface area contributed by atoms with Gasteiger partial charge in [0.15, 0.2) is 0 Å². The molecule has 1 aliphatic heterocycles. The van der Waals surface area contributed by atoms with Gasteiger partial charge in [0.25, 0.3) is 0 Å². The van der Waals surface area contributed by atoms with E-state index in [0.29, 0.717) is 18.0 Å². The van der Waals surface area contributed by atoms with E-state index in [4.69, 9.17) is 14.6 Å². The highest BCUT2D eigenvalue weighted by Gasteiger charge is 2.21. The van der Waals surface area contributed by atoms with Crippen LogP contribution in [0.4, 0.5) is 5.69 Å². The molecule has 1 saturated heterocycles. The van der Waals surface area contributed by atoms with Gasteiger partial charge >= 0.3 is 0 Å². The highest BCUT2D eigenvalue weighted by Crippen LogP contribution is 2.20. The number of hydrazone groups is 1. The quantitative estimate of drug-likeness (QED) is 0.170. The van der Waals surface area contributed by atoms with Gasteiger partial charge in [-0.25, -0.2) is 0 Å². The van der Waals surface area contributed by atoms with Gasteiger partial charge < -0.3 is 24.8 Å². The van der Waals surface area contributed by atoms with Gasteiger partial charge in [-0.15, -0.1) is 0 Å². The van der Waals surface area contributed by atoms with Gasteiger partial charge in [0, 0.05) is 30.8 Å². The number of aliphatic hydroxyl groups excluding tert-OH is 3. The smallest absolute Gasteiger partial charge is 0.119 e. The van der Waals surface area contributed by atoms with Gasteiger partial charge in [-0.05, 0) is 60.7 Å². The van der Waals surface area contributed by atoms with Gasteiger partial charge in [-0.2, -0.15) is 5.10 Å². The van der Waals surface area contributed by atoms with E-state index < -0.39 is 12.2 Å². The maximum atomic E-state index is 10.1. The van der Waals surface area contributed by atoms with E-state index in [9.17, 15) is 10.2 Å². The van der Waals surface area contributed by atoms with Crippen LogP contribution in [0.1, 0.15) is 11.1 Å². The summed E-state index contributed by atoms with van der Waals surface area (Å²) in [5.74, 6) is 1.27. The van der Waals surface area contributed by atoms with Crippen molar-refractivity contribution in [3.8, 4) is 11.5 Å². The maximum Gasteiger partial charge on any atom is 0.119 e. The number of hydrogen-bond donors (Lipinski definition) is 4. The topological polar surface area (TPSA) is 107 Å². The van der Waals surface area contributed by atoms with Gasteiger partial charge in [-0.3, -0.25) is 10.3 Å². The standard InChI is InChI=1S/C27H31N3O5/c31-17-24(33)19-35-26-12-8-21(9-13-26)27(29-28-22-4-2-1-3-5-22)20-6-10-25(11-7-20)34-18-23(32)16-30-14-15-30/h1-13,23-24,28,31-33H,14-19H2/b29-27+. The Kier molecular flexibility index (Phi) is 8.69. The molecule has 0 saturated carbocycles. The fraction of sp³-hybridized carbons (Fsp3) is 0.296. The molecule has 8 nitrogen and oxygen atoms in total. The van der Waals surface area contributed by atoms with Crippen LogP contribution in [0.5, 0.6) is 11.5 Å². The lowest BCUT2D eigenvalue weighted by Gasteiger charge is -2.14. The summed E-state index contributed by atoms with van der Waals surface area (Å²) in [6.45, 7) is 2.64. The minimum atomic E-state index is -0.921. The van der Waals surface area contributed by atoms with Crippen LogP contribution >= 0.6 is 0 Å². The van der Waals surface area contributed by atoms with E-state index in [1.807, 2.05) is 66.7 Å². The van der Waals surface area contributed by atoms with Crippen molar-refractivity contribution in [2.45, 2.75) is 12.2 Å². The summed E-state index contributed by atoms with van der Waals surface area (Å²) in [4.78, 5) is 2.16. The highest BCUT2D eigenvalue weighted by molar-refractivity contribution is 6.13. The van der Waals surface area contributed by atoms with Crippen LogP contribution in [-0.4, -0.2) is 77.6 Å². The highest BCUT2D eigenvalue weighted by atomic mass is 16.5. The van der Waals surface area contributed by atoms with E-state index >= 15 is 0 Å². The second-order valence-corrected chi connectivity index (χ2v) is 8.40. The van der Waals surface area contributed by atoms with E-state index in [1.165, 1.54) is 0 Å². The Morgan fingerprint density at radius 1 is 0.800 bits per heavy atom. The normalized spacial score (nSPS) is 15.3. The van der Waals surface area contributed by atoms with Crippen molar-refractivity contribution >= 4 is 11.4 Å². The lowest BCUT2D eigenvalue weighted by Crippen LogP contribution is -2.26. The molecule has 1 heterocycles. The first-order valence-electron chi connectivity index (χ1n) is 11.7. The fourth-order valence-electron chi connectivity index (χ4n) is 3.39. The first-order chi connectivity index (χ1) is 17.1. The predicted octanol–water partition coefficient (Wildman–Crippen LogP) is 2.34. The Morgan fingerprint density at radius 3 is 1.86 bits per heavy atom. The maximum absolute atomic E-state index is 10.1. The predicted molar refractivity (Wildman–Crippen MR) is 135 cm³/mol. The van der Waals surface area contributed by atoms with E-state index in [0.717, 1.165) is 35.6 Å². The lowest BCUT2D eigenvalue weighted by atomic mass is 10.0. The molecule has 0 radical (unpaired) electrons. The molecule has 0 amide bonds. The molecule has 0 aliphatic carbocycles. The Bertz CT molecular complexity index is 1070. The summed E-state index contributed by atoms with van der Waals surface area (Å²) >= 11 is 0. The average Bonchev–Trinajstić information content (AvgIpc) is 3.72. The molecular weight excluding hydrogens is 446 g/mol. The second kappa shape index (κ2) is 12.3. The summed E-state index contributed by atoms with van der Waals surface area (Å²) in [6, 6.07) is 24.7. The number of hydrogen-bond acceptors (Lipinski definition) is 8. The van der Waals surface area contributed by atoms with Crippen molar-refractivity contribution in [3.63, 3.8) is 0 Å². The minimum Gasteiger partial charge on any atom is -0.491 e. The molecule has 2 atom stereocenters. The number of benzene rings is 3. The Labute approximate surface area is 205 Å². The fourth-order valence-corrected chi connectivity index (χ4v) is 3.39. The van der Waals surface area contributed by atoms with E-state index in [1.54, 1.807) is 12.1 Å². The molecule has 3 aromatic rings. The van der Waals surface area contributed by atoms with Crippen molar-refractivity contribution in [2.24, 2.45) is 5.10 Å². The molecule has 0 spiro atoms. The van der Waals surface area contributed by atoms with Crippen LogP contribution in [0, 0.1) is 0 Å². The van der Waals surface area contributed by atoms with Gasteiger partial charge in [0.1, 0.15) is 36.9 Å². The van der Waals surface area contributed by atoms with E-state index in [2.05, 4.69) is 15.4 Å². The van der Waals surface area contributed by atoms with Crippen LogP contribution in [0.2, 0.25) is 0 Å². The van der Waals surface area contributed by atoms with Gasteiger partial charge in [-0.1, -0.05) is 18.2 Å². The van der Waals surface area contributed by atoms with Crippen LogP contribution < -0.4 is 14.9 Å². The Hall–Kier alpha value is -3.43. The first kappa shape index (κ1) is 24.7. The largest absolute Gasteiger partial charge is 0.491 e. The zero-order valence-corrected chi connectivity index (χ0v) is 19.5. The summed E-state index contributed by atoms with van der Waals surface area (Å²) < 4.78 is 11.3. The molecule has 0 bridgehead atoms. The van der Waals surface area contributed by atoms with E-state index in [-0.39, 0.29) is 19.8 Å². The summed E-state index contributed by atoms with van der Waals surface area (Å²) in [5, 5.41) is 33.2. The molecule has 8 heteroatoms. The lowest BCUT2D eigenvalue weighted by molar-refractivity contribution is 0.0536. The molecule has 2 unspecified atom stereocenters. The molecule has 1 fully saturated rings. The third-order valence-corrected chi connectivity index (χ3v) is 5.43. The number of nitrogens with zero attached hydrogens (tertiary/aromatic N) is 2. The molecule has 35 heavy (non-hydrogen) atoms. The Morgan fingerprint density at radius 2 is 1.34 bits per heavy atom. The molecular formula is C27H31N3O5. The number of aliphatic hydroxyl groups is 3. The van der Waals surface area contributed by atoms with Crippen LogP contribution in [0.25, 0.3) is 0 Å². The van der Waals surface area contributed by atoms with Crippen molar-refractivity contribution in [1.29, 1.82) is 0 Å². The zero-order valence-electron chi connectivity index (χ0n) is 19.5. The third-order valence-electron chi connectivity index (χ3n) is 5.43. The number of para-hydroxylation sites is 1. The minimum absolute atomic E-state index is 0.0144. The SMILES string of the molecule is OCC(O)COc1ccc(/C(=N/Nc2ccccc2)c2ccc(OCC(O)CN3CC3)cc2)cc1.